The quantitative estimate of drug-likeness (QED) is 0.341. The Balaban J connectivity index is 1.93. The van der Waals surface area contributed by atoms with Crippen molar-refractivity contribution < 1.29 is 27.7 Å². The number of aromatic nitrogens is 1. The van der Waals surface area contributed by atoms with Gasteiger partial charge in [-0.2, -0.15) is 0 Å². The van der Waals surface area contributed by atoms with Crippen molar-refractivity contribution in [3.63, 3.8) is 0 Å². The lowest BCUT2D eigenvalue weighted by Crippen LogP contribution is -2.22. The van der Waals surface area contributed by atoms with Crippen LogP contribution in [0.1, 0.15) is 42.3 Å². The molecule has 1 heterocycles. The molecule has 3 aromatic rings. The predicted molar refractivity (Wildman–Crippen MR) is 143 cm³/mol. The van der Waals surface area contributed by atoms with E-state index in [1.165, 1.54) is 36.7 Å². The summed E-state index contributed by atoms with van der Waals surface area (Å²) >= 11 is 3.38. The van der Waals surface area contributed by atoms with Gasteiger partial charge in [-0.1, -0.05) is 6.07 Å². The van der Waals surface area contributed by atoms with Crippen LogP contribution in [-0.2, 0) is 14.5 Å². The third kappa shape index (κ3) is 7.36. The fourth-order valence-corrected chi connectivity index (χ4v) is 4.62. The Bertz CT molecular complexity index is 1490. The molecule has 11 heteroatoms. The molecule has 1 N–H and O–H groups in total. The normalized spacial score (nSPS) is 12.9. The summed E-state index contributed by atoms with van der Waals surface area (Å²) in [5.41, 5.74) is 0.790. The van der Waals surface area contributed by atoms with Gasteiger partial charge in [0.2, 0.25) is 5.88 Å². The molecule has 2 aromatic carbocycles. The van der Waals surface area contributed by atoms with Gasteiger partial charge in [0, 0.05) is 27.5 Å². The first-order chi connectivity index (χ1) is 17.2. The number of halogens is 2. The highest BCUT2D eigenvalue weighted by Crippen LogP contribution is 2.32. The Labute approximate surface area is 223 Å². The van der Waals surface area contributed by atoms with E-state index in [2.05, 4.69) is 30.6 Å². The standard InChI is InChI=1S/C26H27BrFN3O5S/c1-15-12-17(28)10-11-21(15)35-24-22(16(2)20(27)14-29-24)23(32)30-18-8-7-9-19(13-18)37(6,34)31-25(33)36-26(3,4)5/h7-14H,1-6H3,(H,30,32)/t37-/m0/s1. The van der Waals surface area contributed by atoms with Gasteiger partial charge >= 0.3 is 6.09 Å². The molecule has 1 aromatic heterocycles. The second-order valence-electron chi connectivity index (χ2n) is 9.28. The molecule has 0 saturated carbocycles. The molecule has 0 unspecified atom stereocenters. The number of benzene rings is 2. The van der Waals surface area contributed by atoms with Crippen LogP contribution in [-0.4, -0.2) is 33.1 Å². The molecular formula is C26H27BrFN3O5S. The molecule has 0 bridgehead atoms. The van der Waals surface area contributed by atoms with Crippen molar-refractivity contribution in [2.45, 2.75) is 45.1 Å². The third-order valence-corrected chi connectivity index (χ3v) is 7.41. The number of amides is 2. The summed E-state index contributed by atoms with van der Waals surface area (Å²) in [6.07, 6.45) is 1.88. The fourth-order valence-electron chi connectivity index (χ4n) is 3.21. The van der Waals surface area contributed by atoms with E-state index in [1.807, 2.05) is 0 Å². The number of carbonyl (C=O) groups excluding carboxylic acids is 2. The van der Waals surface area contributed by atoms with Gasteiger partial charge < -0.3 is 14.8 Å². The third-order valence-electron chi connectivity index (χ3n) is 4.98. The number of aryl methyl sites for hydroxylation is 1. The highest BCUT2D eigenvalue weighted by atomic mass is 79.9. The van der Waals surface area contributed by atoms with Crippen LogP contribution in [0.25, 0.3) is 0 Å². The Morgan fingerprint density at radius 3 is 2.49 bits per heavy atom. The van der Waals surface area contributed by atoms with Gasteiger partial charge in [-0.3, -0.25) is 4.79 Å². The zero-order valence-corrected chi connectivity index (χ0v) is 23.6. The Morgan fingerprint density at radius 2 is 1.84 bits per heavy atom. The zero-order valence-electron chi connectivity index (χ0n) is 21.2. The summed E-state index contributed by atoms with van der Waals surface area (Å²) in [6, 6.07) is 10.2. The van der Waals surface area contributed by atoms with Crippen LogP contribution in [0.4, 0.5) is 14.9 Å². The Hall–Kier alpha value is -3.31. The van der Waals surface area contributed by atoms with E-state index in [9.17, 15) is 18.2 Å². The lowest BCUT2D eigenvalue weighted by molar-refractivity contribution is 0.0607. The SMILES string of the molecule is Cc1cc(F)ccc1Oc1ncc(Br)c(C)c1C(=O)Nc1cccc([S@](C)(=O)=NC(=O)OC(C)(C)C)c1. The fraction of sp³-hybridized carbons (Fsp3) is 0.269. The van der Waals surface area contributed by atoms with Crippen LogP contribution >= 0.6 is 15.9 Å². The van der Waals surface area contributed by atoms with E-state index in [1.54, 1.807) is 52.8 Å². The van der Waals surface area contributed by atoms with E-state index in [-0.39, 0.29) is 16.3 Å². The van der Waals surface area contributed by atoms with Gasteiger partial charge in [-0.25, -0.2) is 18.4 Å². The van der Waals surface area contributed by atoms with Crippen molar-refractivity contribution in [1.82, 2.24) is 4.98 Å². The number of carbonyl (C=O) groups is 2. The molecule has 0 aliphatic rings. The van der Waals surface area contributed by atoms with Crippen molar-refractivity contribution >= 4 is 43.3 Å². The number of hydrogen-bond acceptors (Lipinski definition) is 6. The van der Waals surface area contributed by atoms with Crippen LogP contribution in [0.2, 0.25) is 0 Å². The summed E-state index contributed by atoms with van der Waals surface area (Å²) in [6.45, 7) is 8.45. The molecule has 3 rings (SSSR count). The predicted octanol–water partition coefficient (Wildman–Crippen LogP) is 7.04. The molecule has 8 nitrogen and oxygen atoms in total. The van der Waals surface area contributed by atoms with Crippen LogP contribution < -0.4 is 10.1 Å². The summed E-state index contributed by atoms with van der Waals surface area (Å²) in [4.78, 5) is 29.9. The highest BCUT2D eigenvalue weighted by molar-refractivity contribution is 9.10. The van der Waals surface area contributed by atoms with Gasteiger partial charge in [0.05, 0.1) is 9.73 Å². The summed E-state index contributed by atoms with van der Waals surface area (Å²) in [7, 11) is -3.15. The van der Waals surface area contributed by atoms with Gasteiger partial charge in [0.25, 0.3) is 5.91 Å². The second kappa shape index (κ2) is 11.0. The van der Waals surface area contributed by atoms with Crippen molar-refractivity contribution in [3.05, 3.63) is 75.6 Å². The Morgan fingerprint density at radius 1 is 1.14 bits per heavy atom. The minimum Gasteiger partial charge on any atom is -0.442 e. The first-order valence-electron chi connectivity index (χ1n) is 11.1. The smallest absolute Gasteiger partial charge is 0.442 e. The highest BCUT2D eigenvalue weighted by Gasteiger charge is 2.22. The number of hydrogen-bond donors (Lipinski definition) is 1. The molecule has 2 amide bonds. The molecule has 0 aliphatic carbocycles. The molecule has 0 fully saturated rings. The molecule has 0 radical (unpaired) electrons. The molecule has 0 saturated heterocycles. The van der Waals surface area contributed by atoms with Crippen LogP contribution in [0, 0.1) is 19.7 Å². The van der Waals surface area contributed by atoms with E-state index >= 15 is 0 Å². The van der Waals surface area contributed by atoms with Gasteiger partial charge in [-0.15, -0.1) is 4.36 Å². The average molecular weight is 592 g/mol. The maximum atomic E-state index is 13.5. The maximum absolute atomic E-state index is 13.5. The maximum Gasteiger partial charge on any atom is 0.442 e. The van der Waals surface area contributed by atoms with Crippen LogP contribution in [0.3, 0.4) is 0 Å². The summed E-state index contributed by atoms with van der Waals surface area (Å²) in [5.74, 6) is -0.567. The van der Waals surface area contributed by atoms with Gasteiger partial charge in [0.15, 0.2) is 0 Å². The van der Waals surface area contributed by atoms with Crippen molar-refractivity contribution in [3.8, 4) is 11.6 Å². The van der Waals surface area contributed by atoms with Crippen molar-refractivity contribution in [2.24, 2.45) is 4.36 Å². The van der Waals surface area contributed by atoms with Crippen molar-refractivity contribution in [2.75, 3.05) is 11.6 Å². The number of nitrogens with one attached hydrogen (secondary N) is 1. The minimum absolute atomic E-state index is 0.0308. The first-order valence-corrected chi connectivity index (χ1v) is 13.8. The largest absolute Gasteiger partial charge is 0.442 e. The van der Waals surface area contributed by atoms with Gasteiger partial charge in [0.1, 0.15) is 22.7 Å². The molecular weight excluding hydrogens is 565 g/mol. The summed E-state index contributed by atoms with van der Waals surface area (Å²) < 4.78 is 42.0. The molecule has 196 valence electrons. The minimum atomic E-state index is -3.15. The topological polar surface area (TPSA) is 107 Å². The zero-order chi connectivity index (χ0) is 27.5. The van der Waals surface area contributed by atoms with E-state index in [0.29, 0.717) is 27.0 Å². The number of nitrogens with zero attached hydrogens (tertiary/aromatic N) is 2. The number of pyridine rings is 1. The molecule has 1 atom stereocenters. The van der Waals surface area contributed by atoms with Crippen LogP contribution in [0.5, 0.6) is 11.6 Å². The monoisotopic (exact) mass is 591 g/mol. The van der Waals surface area contributed by atoms with Gasteiger partial charge in [-0.05, 0) is 98.1 Å². The van der Waals surface area contributed by atoms with E-state index in [4.69, 9.17) is 9.47 Å². The average Bonchev–Trinajstić information content (AvgIpc) is 2.76. The number of ether oxygens (including phenoxy) is 2. The molecule has 37 heavy (non-hydrogen) atoms. The molecule has 0 aliphatic heterocycles. The van der Waals surface area contributed by atoms with Crippen molar-refractivity contribution in [1.29, 1.82) is 0 Å². The second-order valence-corrected chi connectivity index (χ2v) is 12.4. The van der Waals surface area contributed by atoms with Crippen LogP contribution in [0.15, 0.2) is 62.4 Å². The lowest BCUT2D eigenvalue weighted by atomic mass is 10.1. The lowest BCUT2D eigenvalue weighted by Gasteiger charge is -2.17. The van der Waals surface area contributed by atoms with E-state index < -0.39 is 33.1 Å². The summed E-state index contributed by atoms with van der Waals surface area (Å²) in [5, 5.41) is 2.76. The Kier molecular flexibility index (Phi) is 8.38. The number of anilines is 1. The molecule has 0 spiro atoms. The van der Waals surface area contributed by atoms with E-state index in [0.717, 1.165) is 0 Å². The first kappa shape index (κ1) is 28.3. The number of rotatable bonds is 5.